The molecule has 1 aliphatic heterocycles. The summed E-state index contributed by atoms with van der Waals surface area (Å²) in [6, 6.07) is 0. The van der Waals surface area contributed by atoms with Crippen LogP contribution in [0.3, 0.4) is 0 Å². The number of hydrogen-bond acceptors (Lipinski definition) is 3. The van der Waals surface area contributed by atoms with Gasteiger partial charge in [0.25, 0.3) is 5.91 Å². The summed E-state index contributed by atoms with van der Waals surface area (Å²) in [6.07, 6.45) is 2.94. The van der Waals surface area contributed by atoms with Crippen molar-refractivity contribution in [3.05, 3.63) is 12.7 Å². The van der Waals surface area contributed by atoms with E-state index in [1.165, 1.54) is 0 Å². The number of nitrogens with one attached hydrogen (secondary N) is 1. The fourth-order valence-corrected chi connectivity index (χ4v) is 1.74. The lowest BCUT2D eigenvalue weighted by Gasteiger charge is -2.16. The van der Waals surface area contributed by atoms with Gasteiger partial charge in [-0.1, -0.05) is 6.08 Å². The molecule has 0 aromatic rings. The fraction of sp³-hybridized carbons (Fsp3) is 0.667. The average molecular weight is 254 g/mol. The molecule has 0 spiro atoms. The molecule has 1 rings (SSSR count). The Morgan fingerprint density at radius 3 is 2.94 bits per heavy atom. The topological polar surface area (TPSA) is 79.9 Å². The lowest BCUT2D eigenvalue weighted by atomic mass is 10.2. The van der Waals surface area contributed by atoms with Gasteiger partial charge < -0.3 is 20.7 Å². The third-order valence-electron chi connectivity index (χ3n) is 2.72. The summed E-state index contributed by atoms with van der Waals surface area (Å²) in [6.45, 7) is 4.64. The minimum atomic E-state index is -0.331. The normalized spacial score (nSPS) is 23.8. The predicted molar refractivity (Wildman–Crippen MR) is 71.3 cm³/mol. The molecule has 0 bridgehead atoms. The van der Waals surface area contributed by atoms with Gasteiger partial charge in [0.1, 0.15) is 6.10 Å². The molecule has 1 fully saturated rings. The zero-order chi connectivity index (χ0) is 13.5. The number of hydrogen-bond donors (Lipinski definition) is 2. The molecule has 1 heterocycles. The largest absolute Gasteiger partial charge is 0.370 e. The van der Waals surface area contributed by atoms with E-state index in [4.69, 9.17) is 10.5 Å². The summed E-state index contributed by atoms with van der Waals surface area (Å²) in [4.78, 5) is 17.4. The van der Waals surface area contributed by atoms with Gasteiger partial charge in [-0.25, -0.2) is 0 Å². The monoisotopic (exact) mass is 254 g/mol. The molecular formula is C12H22N4O2. The molecular weight excluding hydrogens is 232 g/mol. The minimum absolute atomic E-state index is 0.0132. The lowest BCUT2D eigenvalue weighted by molar-refractivity contribution is -0.140. The van der Waals surface area contributed by atoms with Crippen LogP contribution in [0.1, 0.15) is 12.8 Å². The Morgan fingerprint density at radius 1 is 1.61 bits per heavy atom. The molecule has 0 aliphatic carbocycles. The molecule has 6 heteroatoms. The van der Waals surface area contributed by atoms with Gasteiger partial charge in [0, 0.05) is 20.6 Å². The molecule has 102 valence electrons. The quantitative estimate of drug-likeness (QED) is 0.401. The first kappa shape index (κ1) is 14.5. The molecule has 6 nitrogen and oxygen atoms in total. The molecule has 0 aromatic carbocycles. The Bertz CT molecular complexity index is 328. The van der Waals surface area contributed by atoms with Crippen LogP contribution in [0.4, 0.5) is 0 Å². The second-order valence-electron chi connectivity index (χ2n) is 4.45. The molecule has 2 atom stereocenters. The maximum absolute atomic E-state index is 11.7. The molecule has 1 saturated heterocycles. The Morgan fingerprint density at radius 2 is 2.33 bits per heavy atom. The van der Waals surface area contributed by atoms with E-state index in [1.54, 1.807) is 25.1 Å². The summed E-state index contributed by atoms with van der Waals surface area (Å²) >= 11 is 0. The van der Waals surface area contributed by atoms with Gasteiger partial charge in [-0.15, -0.1) is 6.58 Å². The van der Waals surface area contributed by atoms with Crippen LogP contribution in [-0.2, 0) is 9.53 Å². The lowest BCUT2D eigenvalue weighted by Crippen LogP contribution is -2.34. The highest BCUT2D eigenvalue weighted by molar-refractivity contribution is 5.80. The molecule has 0 saturated carbocycles. The number of nitrogens with zero attached hydrogens (tertiary/aromatic N) is 2. The van der Waals surface area contributed by atoms with E-state index in [0.717, 1.165) is 12.8 Å². The summed E-state index contributed by atoms with van der Waals surface area (Å²) in [5.41, 5.74) is 5.64. The van der Waals surface area contributed by atoms with Gasteiger partial charge in [0.15, 0.2) is 5.96 Å². The standard InChI is InChI=1S/C12H22N4O2/c1-4-7-14-12(13)15-8-9-5-6-10(18-9)11(17)16(2)3/h4,9-10H,1,5-8H2,2-3H3,(H3,13,14,15). The van der Waals surface area contributed by atoms with Crippen molar-refractivity contribution in [2.75, 3.05) is 27.2 Å². The number of likely N-dealkylation sites (N-methyl/N-ethyl adjacent to an activating group) is 1. The van der Waals surface area contributed by atoms with E-state index < -0.39 is 0 Å². The van der Waals surface area contributed by atoms with Gasteiger partial charge in [0.05, 0.1) is 12.6 Å². The number of guanidine groups is 1. The van der Waals surface area contributed by atoms with Gasteiger partial charge in [-0.2, -0.15) is 0 Å². The summed E-state index contributed by atoms with van der Waals surface area (Å²) in [5.74, 6) is 0.389. The number of carbonyl (C=O) groups is 1. The predicted octanol–water partition coefficient (Wildman–Crippen LogP) is -0.288. The van der Waals surface area contributed by atoms with Gasteiger partial charge >= 0.3 is 0 Å². The van der Waals surface area contributed by atoms with E-state index in [1.807, 2.05) is 0 Å². The van der Waals surface area contributed by atoms with Gasteiger partial charge in [-0.3, -0.25) is 9.79 Å². The van der Waals surface area contributed by atoms with Crippen LogP contribution in [0.2, 0.25) is 0 Å². The Kier molecular flexibility index (Phi) is 5.64. The Balaban J connectivity index is 2.34. The third kappa shape index (κ3) is 4.37. The first-order valence-corrected chi connectivity index (χ1v) is 6.06. The van der Waals surface area contributed by atoms with Gasteiger partial charge in [0.2, 0.25) is 0 Å². The van der Waals surface area contributed by atoms with Crippen molar-refractivity contribution in [1.29, 1.82) is 0 Å². The second kappa shape index (κ2) is 7.00. The molecule has 0 aromatic heterocycles. The number of nitrogens with two attached hydrogens (primary N) is 1. The smallest absolute Gasteiger partial charge is 0.251 e. The molecule has 1 aliphatic rings. The number of ether oxygens (including phenoxy) is 1. The highest BCUT2D eigenvalue weighted by atomic mass is 16.5. The molecule has 0 radical (unpaired) electrons. The first-order valence-electron chi connectivity index (χ1n) is 6.06. The van der Waals surface area contributed by atoms with Crippen LogP contribution in [-0.4, -0.2) is 56.2 Å². The zero-order valence-corrected chi connectivity index (χ0v) is 11.1. The van der Waals surface area contributed by atoms with Gasteiger partial charge in [-0.05, 0) is 12.8 Å². The molecule has 18 heavy (non-hydrogen) atoms. The van der Waals surface area contributed by atoms with Crippen LogP contribution in [0, 0.1) is 0 Å². The Hall–Kier alpha value is -1.56. The minimum Gasteiger partial charge on any atom is -0.370 e. The van der Waals surface area contributed by atoms with Crippen LogP contribution < -0.4 is 11.1 Å². The fourth-order valence-electron chi connectivity index (χ4n) is 1.74. The summed E-state index contributed by atoms with van der Waals surface area (Å²) in [5, 5.41) is 2.89. The molecule has 3 N–H and O–H groups in total. The van der Waals surface area contributed by atoms with Crippen molar-refractivity contribution in [3.8, 4) is 0 Å². The van der Waals surface area contributed by atoms with Crippen molar-refractivity contribution in [3.63, 3.8) is 0 Å². The van der Waals surface area contributed by atoms with E-state index in [0.29, 0.717) is 19.0 Å². The van der Waals surface area contributed by atoms with Crippen LogP contribution >= 0.6 is 0 Å². The van der Waals surface area contributed by atoms with Crippen molar-refractivity contribution in [2.24, 2.45) is 10.7 Å². The second-order valence-corrected chi connectivity index (χ2v) is 4.45. The first-order chi connectivity index (χ1) is 8.54. The number of carbonyl (C=O) groups excluding carboxylic acids is 1. The zero-order valence-electron chi connectivity index (χ0n) is 11.1. The Labute approximate surface area is 108 Å². The van der Waals surface area contributed by atoms with Crippen molar-refractivity contribution >= 4 is 11.9 Å². The SMILES string of the molecule is C=CCNC(N)=NCC1CCC(C(=O)N(C)C)O1. The van der Waals surface area contributed by atoms with E-state index >= 15 is 0 Å². The van der Waals surface area contributed by atoms with Crippen molar-refractivity contribution in [2.45, 2.75) is 25.0 Å². The summed E-state index contributed by atoms with van der Waals surface area (Å²) < 4.78 is 5.64. The third-order valence-corrected chi connectivity index (χ3v) is 2.72. The van der Waals surface area contributed by atoms with Crippen molar-refractivity contribution in [1.82, 2.24) is 10.2 Å². The number of aliphatic imine (C=N–C) groups is 1. The van der Waals surface area contributed by atoms with Crippen LogP contribution in [0.15, 0.2) is 17.6 Å². The van der Waals surface area contributed by atoms with Crippen molar-refractivity contribution < 1.29 is 9.53 Å². The van der Waals surface area contributed by atoms with E-state index in [2.05, 4.69) is 16.9 Å². The molecule has 1 amide bonds. The van der Waals surface area contributed by atoms with Crippen LogP contribution in [0.5, 0.6) is 0 Å². The average Bonchev–Trinajstić information content (AvgIpc) is 2.81. The molecule has 2 unspecified atom stereocenters. The maximum atomic E-state index is 11.7. The number of amides is 1. The number of rotatable bonds is 5. The van der Waals surface area contributed by atoms with Crippen LogP contribution in [0.25, 0.3) is 0 Å². The maximum Gasteiger partial charge on any atom is 0.251 e. The highest BCUT2D eigenvalue weighted by Gasteiger charge is 2.31. The van der Waals surface area contributed by atoms with E-state index in [9.17, 15) is 4.79 Å². The highest BCUT2D eigenvalue weighted by Crippen LogP contribution is 2.21. The summed E-state index contributed by atoms with van der Waals surface area (Å²) in [7, 11) is 3.46. The van der Waals surface area contributed by atoms with E-state index in [-0.39, 0.29) is 18.1 Å².